The molecule has 1 fully saturated rings. The van der Waals surface area contributed by atoms with Crippen LogP contribution in [0, 0.1) is 17.3 Å². The van der Waals surface area contributed by atoms with Crippen LogP contribution in [0.25, 0.3) is 0 Å². The molecule has 0 aromatic heterocycles. The number of methoxy groups -OCH3 is 1. The Hall–Kier alpha value is -2.86. The molecule has 3 atom stereocenters. The normalized spacial score (nSPS) is 24.4. The Morgan fingerprint density at radius 2 is 1.79 bits per heavy atom. The molecular formula is C31H39ClN2O4. The largest absolute Gasteiger partial charge is 0.506 e. The summed E-state index contributed by atoms with van der Waals surface area (Å²) in [6.07, 6.45) is 4.30. The summed E-state index contributed by atoms with van der Waals surface area (Å²) in [4.78, 5) is 33.7. The zero-order chi connectivity index (χ0) is 27.8. The number of aromatic hydroxyl groups is 1. The van der Waals surface area contributed by atoms with Crippen molar-refractivity contribution in [2.24, 2.45) is 22.2 Å². The van der Waals surface area contributed by atoms with Gasteiger partial charge in [0.25, 0.3) is 5.91 Å². The van der Waals surface area contributed by atoms with Crippen LogP contribution < -0.4 is 0 Å². The van der Waals surface area contributed by atoms with Crippen molar-refractivity contribution in [3.8, 4) is 5.75 Å². The van der Waals surface area contributed by atoms with Crippen LogP contribution in [0.4, 0.5) is 0 Å². The van der Waals surface area contributed by atoms with E-state index in [-0.39, 0.29) is 34.1 Å². The lowest BCUT2D eigenvalue weighted by Crippen LogP contribution is -2.52. The number of benzene rings is 2. The fourth-order valence-corrected chi connectivity index (χ4v) is 6.32. The molecular weight excluding hydrogens is 500 g/mol. The van der Waals surface area contributed by atoms with Crippen LogP contribution in [0.1, 0.15) is 94.2 Å². The summed E-state index contributed by atoms with van der Waals surface area (Å²) in [7, 11) is 1.37. The zero-order valence-electron chi connectivity index (χ0n) is 23.3. The molecule has 0 bridgehead atoms. The number of nitrogens with zero attached hydrogens (tertiary/aromatic N) is 2. The van der Waals surface area contributed by atoms with Gasteiger partial charge in [-0.25, -0.2) is 4.79 Å². The molecule has 6 nitrogen and oxygen atoms in total. The molecule has 1 heterocycles. The Morgan fingerprint density at radius 3 is 2.34 bits per heavy atom. The fraction of sp³-hybridized carbons (Fsp3) is 0.516. The van der Waals surface area contributed by atoms with Crippen LogP contribution in [-0.4, -0.2) is 40.4 Å². The SMILES string of the molecule is COC(=O)c1ccc([C@@H](CCC(C)(C)C)N2C(=O)C(c3ccc(Cl)c(O)c3)=NC23CC(C)CC(C)C3)cc1. The van der Waals surface area contributed by atoms with E-state index in [4.69, 9.17) is 21.3 Å². The van der Waals surface area contributed by atoms with E-state index >= 15 is 0 Å². The third-order valence-electron chi connectivity index (χ3n) is 7.76. The number of carbonyl (C=O) groups is 2. The van der Waals surface area contributed by atoms with Crippen LogP contribution in [0.15, 0.2) is 47.5 Å². The lowest BCUT2D eigenvalue weighted by atomic mass is 9.75. The highest BCUT2D eigenvalue weighted by atomic mass is 35.5. The highest BCUT2D eigenvalue weighted by molar-refractivity contribution is 6.47. The Bertz CT molecular complexity index is 1220. The van der Waals surface area contributed by atoms with Crippen molar-refractivity contribution >= 4 is 29.2 Å². The third kappa shape index (κ3) is 5.75. The molecule has 1 aliphatic heterocycles. The number of aliphatic imine (C=N–C) groups is 1. The number of phenols is 1. The topological polar surface area (TPSA) is 79.2 Å². The van der Waals surface area contributed by atoms with Crippen LogP contribution >= 0.6 is 11.6 Å². The number of amides is 1. The molecule has 2 aromatic carbocycles. The first-order valence-electron chi connectivity index (χ1n) is 13.4. The van der Waals surface area contributed by atoms with E-state index in [9.17, 15) is 14.7 Å². The number of rotatable bonds is 6. The van der Waals surface area contributed by atoms with Crippen molar-refractivity contribution in [2.45, 2.75) is 78.4 Å². The molecule has 4 rings (SSSR count). The molecule has 1 spiro atoms. The number of hydrogen-bond acceptors (Lipinski definition) is 5. The second kappa shape index (κ2) is 10.7. The lowest BCUT2D eigenvalue weighted by Gasteiger charge is -2.47. The van der Waals surface area contributed by atoms with Gasteiger partial charge in [0.2, 0.25) is 0 Å². The monoisotopic (exact) mass is 538 g/mol. The number of hydrogen-bond donors (Lipinski definition) is 1. The molecule has 7 heteroatoms. The number of phenolic OH excluding ortho intramolecular Hbond substituents is 1. The first-order valence-corrected chi connectivity index (χ1v) is 13.8. The number of halogens is 1. The van der Waals surface area contributed by atoms with Gasteiger partial charge in [0.15, 0.2) is 0 Å². The summed E-state index contributed by atoms with van der Waals surface area (Å²) in [6, 6.07) is 12.1. The van der Waals surface area contributed by atoms with Gasteiger partial charge >= 0.3 is 5.97 Å². The molecule has 0 radical (unpaired) electrons. The van der Waals surface area contributed by atoms with E-state index in [1.165, 1.54) is 13.2 Å². The maximum absolute atomic E-state index is 14.4. The molecule has 2 unspecified atom stereocenters. The minimum Gasteiger partial charge on any atom is -0.506 e. The van der Waals surface area contributed by atoms with Gasteiger partial charge in [-0.05, 0) is 79.2 Å². The summed E-state index contributed by atoms with van der Waals surface area (Å²) in [5.74, 6) is 0.213. The summed E-state index contributed by atoms with van der Waals surface area (Å²) in [5, 5.41) is 10.5. The molecule has 1 saturated carbocycles. The van der Waals surface area contributed by atoms with Gasteiger partial charge < -0.3 is 14.7 Å². The molecule has 2 aromatic rings. The maximum atomic E-state index is 14.4. The predicted octanol–water partition coefficient (Wildman–Crippen LogP) is 7.18. The van der Waals surface area contributed by atoms with E-state index in [1.54, 1.807) is 24.3 Å². The minimum atomic E-state index is -0.678. The summed E-state index contributed by atoms with van der Waals surface area (Å²) < 4.78 is 4.89. The average molecular weight is 539 g/mol. The van der Waals surface area contributed by atoms with E-state index in [0.717, 1.165) is 37.7 Å². The minimum absolute atomic E-state index is 0.0684. The molecule has 204 valence electrons. The molecule has 0 saturated heterocycles. The molecule has 1 amide bonds. The zero-order valence-corrected chi connectivity index (χ0v) is 24.0. The summed E-state index contributed by atoms with van der Waals surface area (Å²) >= 11 is 6.07. The van der Waals surface area contributed by atoms with E-state index in [1.807, 2.05) is 17.0 Å². The van der Waals surface area contributed by atoms with Gasteiger partial charge in [-0.15, -0.1) is 0 Å². The summed E-state index contributed by atoms with van der Waals surface area (Å²) in [5.41, 5.74) is 1.77. The Kier molecular flexibility index (Phi) is 7.94. The summed E-state index contributed by atoms with van der Waals surface area (Å²) in [6.45, 7) is 11.1. The van der Waals surface area contributed by atoms with Crippen LogP contribution in [0.5, 0.6) is 5.75 Å². The van der Waals surface area contributed by atoms with Crippen LogP contribution in [0.3, 0.4) is 0 Å². The average Bonchev–Trinajstić information content (AvgIpc) is 3.10. The standard InChI is InChI=1S/C31H39ClN2O4/c1-19-15-20(2)18-31(17-19)33-27(23-11-12-24(32)26(35)16-23)28(36)34(31)25(13-14-30(3,4)5)21-7-9-22(10-8-21)29(37)38-6/h7-12,16,19-20,25,35H,13-15,17-18H2,1-6H3/t19?,20?,25-,31?/m1/s1. The lowest BCUT2D eigenvalue weighted by molar-refractivity contribution is -0.134. The van der Waals surface area contributed by atoms with Gasteiger partial charge in [-0.1, -0.05) is 64.4 Å². The van der Waals surface area contributed by atoms with E-state index < -0.39 is 5.66 Å². The van der Waals surface area contributed by atoms with Gasteiger partial charge in [0, 0.05) is 5.56 Å². The van der Waals surface area contributed by atoms with Crippen molar-refractivity contribution in [1.82, 2.24) is 4.90 Å². The Balaban J connectivity index is 1.83. The van der Waals surface area contributed by atoms with Gasteiger partial charge in [-0.3, -0.25) is 9.79 Å². The van der Waals surface area contributed by atoms with Crippen molar-refractivity contribution < 1.29 is 19.4 Å². The fourth-order valence-electron chi connectivity index (χ4n) is 6.21. The Morgan fingerprint density at radius 1 is 1.16 bits per heavy atom. The maximum Gasteiger partial charge on any atom is 0.337 e. The van der Waals surface area contributed by atoms with E-state index in [0.29, 0.717) is 28.7 Å². The molecule has 1 aliphatic carbocycles. The van der Waals surface area contributed by atoms with Gasteiger partial charge in [-0.2, -0.15) is 0 Å². The second-order valence-corrected chi connectivity index (χ2v) is 12.8. The van der Waals surface area contributed by atoms with Crippen molar-refractivity contribution in [1.29, 1.82) is 0 Å². The molecule has 1 N–H and O–H groups in total. The van der Waals surface area contributed by atoms with Gasteiger partial charge in [0.05, 0.1) is 23.7 Å². The van der Waals surface area contributed by atoms with Crippen LogP contribution in [-0.2, 0) is 9.53 Å². The predicted molar refractivity (Wildman–Crippen MR) is 151 cm³/mol. The van der Waals surface area contributed by atoms with Crippen molar-refractivity contribution in [3.05, 3.63) is 64.2 Å². The number of carbonyl (C=O) groups excluding carboxylic acids is 2. The smallest absolute Gasteiger partial charge is 0.337 e. The first-order chi connectivity index (χ1) is 17.8. The molecule has 38 heavy (non-hydrogen) atoms. The van der Waals surface area contributed by atoms with Crippen molar-refractivity contribution in [3.63, 3.8) is 0 Å². The highest BCUT2D eigenvalue weighted by Gasteiger charge is 2.53. The molecule has 2 aliphatic rings. The third-order valence-corrected chi connectivity index (χ3v) is 8.08. The number of ether oxygens (including phenoxy) is 1. The van der Waals surface area contributed by atoms with E-state index in [2.05, 4.69) is 34.6 Å². The van der Waals surface area contributed by atoms with Gasteiger partial charge in [0.1, 0.15) is 17.1 Å². The Labute approximate surface area is 231 Å². The number of esters is 1. The first kappa shape index (κ1) is 28.2. The van der Waals surface area contributed by atoms with Crippen molar-refractivity contribution in [2.75, 3.05) is 7.11 Å². The quantitative estimate of drug-likeness (QED) is 0.395. The highest BCUT2D eigenvalue weighted by Crippen LogP contribution is 2.49. The second-order valence-electron chi connectivity index (χ2n) is 12.4. The van der Waals surface area contributed by atoms with Crippen LogP contribution in [0.2, 0.25) is 5.02 Å².